The normalized spacial score (nSPS) is 11.6. The third-order valence-electron chi connectivity index (χ3n) is 3.48. The fourth-order valence-electron chi connectivity index (χ4n) is 2.22. The summed E-state index contributed by atoms with van der Waals surface area (Å²) in [6.45, 7) is 3.34. The number of hydrogen-bond donors (Lipinski definition) is 2. The fraction of sp³-hybridized carbons (Fsp3) is 0.412. The molecule has 2 N–H and O–H groups in total. The van der Waals surface area contributed by atoms with E-state index in [-0.39, 0.29) is 5.82 Å². The zero-order valence-electron chi connectivity index (χ0n) is 14.2. The van der Waals surface area contributed by atoms with E-state index in [1.165, 1.54) is 6.07 Å². The number of benzene rings is 1. The topological polar surface area (TPSA) is 49.3 Å². The first-order valence-electron chi connectivity index (χ1n) is 7.80. The molecule has 0 amide bonds. The van der Waals surface area contributed by atoms with E-state index in [4.69, 9.17) is 0 Å². The van der Waals surface area contributed by atoms with Crippen LogP contribution < -0.4 is 10.6 Å². The van der Waals surface area contributed by atoms with Gasteiger partial charge in [-0.3, -0.25) is 4.99 Å². The van der Waals surface area contributed by atoms with Crippen molar-refractivity contribution in [1.29, 1.82) is 0 Å². The molecule has 0 spiro atoms. The highest BCUT2D eigenvalue weighted by Crippen LogP contribution is 2.16. The van der Waals surface area contributed by atoms with Crippen LogP contribution >= 0.6 is 23.1 Å². The zero-order chi connectivity index (χ0) is 17.4. The van der Waals surface area contributed by atoms with Gasteiger partial charge in [-0.25, -0.2) is 9.37 Å². The van der Waals surface area contributed by atoms with Crippen LogP contribution in [0, 0.1) is 5.82 Å². The van der Waals surface area contributed by atoms with E-state index in [2.05, 4.69) is 32.9 Å². The standard InChI is InChI=1S/C17H23FN4S2/c1-4-16-22-15(11-24-16)9-21-17(19-2)20-8-12-5-6-14(18)7-13(12)10-23-3/h5-7,11H,4,8-10H2,1-3H3,(H2,19,20,21). The van der Waals surface area contributed by atoms with Gasteiger partial charge in [0.05, 0.1) is 17.2 Å². The maximum Gasteiger partial charge on any atom is 0.191 e. The van der Waals surface area contributed by atoms with Gasteiger partial charge in [-0.15, -0.1) is 11.3 Å². The first-order chi connectivity index (χ1) is 11.7. The molecule has 4 nitrogen and oxygen atoms in total. The smallest absolute Gasteiger partial charge is 0.191 e. The molecule has 0 unspecified atom stereocenters. The highest BCUT2D eigenvalue weighted by molar-refractivity contribution is 7.97. The van der Waals surface area contributed by atoms with Gasteiger partial charge in [0.25, 0.3) is 0 Å². The Morgan fingerprint density at radius 2 is 2.08 bits per heavy atom. The summed E-state index contributed by atoms with van der Waals surface area (Å²) >= 11 is 3.36. The molecule has 1 aromatic carbocycles. The Morgan fingerprint density at radius 1 is 1.29 bits per heavy atom. The Bertz CT molecular complexity index is 685. The number of halogens is 1. The minimum absolute atomic E-state index is 0.194. The second-order valence-electron chi connectivity index (χ2n) is 5.21. The molecule has 0 radical (unpaired) electrons. The SMILES string of the molecule is CCc1nc(CNC(=NC)NCc2ccc(F)cc2CSC)cs1. The molecule has 7 heteroatoms. The predicted octanol–water partition coefficient (Wildman–Crippen LogP) is 3.57. The van der Waals surface area contributed by atoms with E-state index in [1.807, 2.05) is 12.3 Å². The number of rotatable bonds is 7. The van der Waals surface area contributed by atoms with Crippen LogP contribution in [0.2, 0.25) is 0 Å². The molecule has 1 heterocycles. The van der Waals surface area contributed by atoms with Crippen LogP contribution in [0.25, 0.3) is 0 Å². The first kappa shape index (κ1) is 18.7. The maximum atomic E-state index is 13.4. The number of nitrogens with zero attached hydrogens (tertiary/aromatic N) is 2. The number of aryl methyl sites for hydroxylation is 1. The van der Waals surface area contributed by atoms with Crippen molar-refractivity contribution in [2.45, 2.75) is 32.2 Å². The van der Waals surface area contributed by atoms with E-state index in [0.717, 1.165) is 34.0 Å². The fourth-order valence-corrected chi connectivity index (χ4v) is 3.55. The molecule has 0 bridgehead atoms. The van der Waals surface area contributed by atoms with Crippen LogP contribution in [-0.2, 0) is 25.3 Å². The average molecular weight is 367 g/mol. The van der Waals surface area contributed by atoms with Crippen LogP contribution in [-0.4, -0.2) is 24.2 Å². The molecule has 2 rings (SSSR count). The van der Waals surface area contributed by atoms with E-state index in [9.17, 15) is 4.39 Å². The molecular formula is C17H23FN4S2. The summed E-state index contributed by atoms with van der Waals surface area (Å²) in [6, 6.07) is 4.93. The van der Waals surface area contributed by atoms with Gasteiger partial charge < -0.3 is 10.6 Å². The van der Waals surface area contributed by atoms with Crippen LogP contribution in [0.1, 0.15) is 28.8 Å². The number of hydrogen-bond acceptors (Lipinski definition) is 4. The maximum absolute atomic E-state index is 13.4. The lowest BCUT2D eigenvalue weighted by atomic mass is 10.1. The Morgan fingerprint density at radius 3 is 2.75 bits per heavy atom. The van der Waals surface area contributed by atoms with E-state index >= 15 is 0 Å². The lowest BCUT2D eigenvalue weighted by Crippen LogP contribution is -2.36. The van der Waals surface area contributed by atoms with Crippen molar-refractivity contribution in [2.24, 2.45) is 4.99 Å². The van der Waals surface area contributed by atoms with Crippen molar-refractivity contribution in [2.75, 3.05) is 13.3 Å². The van der Waals surface area contributed by atoms with Gasteiger partial charge in [-0.2, -0.15) is 11.8 Å². The Balaban J connectivity index is 1.91. The summed E-state index contributed by atoms with van der Waals surface area (Å²) in [5.41, 5.74) is 3.11. The molecule has 0 atom stereocenters. The number of aliphatic imine (C=N–C) groups is 1. The van der Waals surface area contributed by atoms with Crippen molar-refractivity contribution in [3.63, 3.8) is 0 Å². The average Bonchev–Trinajstić information content (AvgIpc) is 3.05. The van der Waals surface area contributed by atoms with Crippen molar-refractivity contribution in [1.82, 2.24) is 15.6 Å². The Kier molecular flexibility index (Phi) is 7.52. The van der Waals surface area contributed by atoms with Crippen molar-refractivity contribution >= 4 is 29.1 Å². The monoisotopic (exact) mass is 366 g/mol. The lowest BCUT2D eigenvalue weighted by molar-refractivity contribution is 0.625. The second-order valence-corrected chi connectivity index (χ2v) is 7.02. The Hall–Kier alpha value is -1.60. The first-order valence-corrected chi connectivity index (χ1v) is 10.1. The number of guanidine groups is 1. The van der Waals surface area contributed by atoms with E-state index < -0.39 is 0 Å². The molecule has 0 aliphatic carbocycles. The number of thiazole rings is 1. The van der Waals surface area contributed by atoms with Gasteiger partial charge in [0.15, 0.2) is 5.96 Å². The minimum Gasteiger partial charge on any atom is -0.352 e. The van der Waals surface area contributed by atoms with Crippen LogP contribution in [0.3, 0.4) is 0 Å². The number of thioether (sulfide) groups is 1. The van der Waals surface area contributed by atoms with Gasteiger partial charge in [-0.1, -0.05) is 13.0 Å². The van der Waals surface area contributed by atoms with Gasteiger partial charge in [0.2, 0.25) is 0 Å². The largest absolute Gasteiger partial charge is 0.352 e. The third kappa shape index (κ3) is 5.49. The second kappa shape index (κ2) is 9.64. The van der Waals surface area contributed by atoms with Crippen LogP contribution in [0.5, 0.6) is 0 Å². The summed E-state index contributed by atoms with van der Waals surface area (Å²) in [5.74, 6) is 1.31. The summed E-state index contributed by atoms with van der Waals surface area (Å²) in [7, 11) is 1.74. The Labute approximate surface area is 151 Å². The third-order valence-corrected chi connectivity index (χ3v) is 5.12. The predicted molar refractivity (Wildman–Crippen MR) is 102 cm³/mol. The van der Waals surface area contributed by atoms with E-state index in [0.29, 0.717) is 19.0 Å². The molecule has 1 aromatic heterocycles. The number of aromatic nitrogens is 1. The molecule has 2 aromatic rings. The molecule has 130 valence electrons. The van der Waals surface area contributed by atoms with Crippen molar-refractivity contribution in [3.05, 3.63) is 51.2 Å². The molecular weight excluding hydrogens is 343 g/mol. The molecule has 0 saturated heterocycles. The summed E-state index contributed by atoms with van der Waals surface area (Å²) < 4.78 is 13.4. The van der Waals surface area contributed by atoms with E-state index in [1.54, 1.807) is 36.2 Å². The summed E-state index contributed by atoms with van der Waals surface area (Å²) in [4.78, 5) is 8.76. The minimum atomic E-state index is -0.194. The summed E-state index contributed by atoms with van der Waals surface area (Å²) in [6.07, 6.45) is 2.97. The molecule has 0 aliphatic rings. The highest BCUT2D eigenvalue weighted by Gasteiger charge is 2.06. The van der Waals surface area contributed by atoms with Crippen molar-refractivity contribution in [3.8, 4) is 0 Å². The lowest BCUT2D eigenvalue weighted by Gasteiger charge is -2.13. The quantitative estimate of drug-likeness (QED) is 0.581. The molecule has 0 fully saturated rings. The van der Waals surface area contributed by atoms with Crippen molar-refractivity contribution < 1.29 is 4.39 Å². The molecule has 0 aliphatic heterocycles. The van der Waals surface area contributed by atoms with Gasteiger partial charge in [-0.05, 0) is 35.9 Å². The molecule has 0 saturated carbocycles. The molecule has 24 heavy (non-hydrogen) atoms. The zero-order valence-corrected chi connectivity index (χ0v) is 15.9. The van der Waals surface area contributed by atoms with Gasteiger partial charge in [0, 0.05) is 24.7 Å². The number of nitrogens with one attached hydrogen (secondary N) is 2. The van der Waals surface area contributed by atoms with Crippen LogP contribution in [0.4, 0.5) is 4.39 Å². The highest BCUT2D eigenvalue weighted by atomic mass is 32.2. The summed E-state index contributed by atoms with van der Waals surface area (Å²) in [5, 5.41) is 9.74. The van der Waals surface area contributed by atoms with Gasteiger partial charge in [0.1, 0.15) is 5.82 Å². The van der Waals surface area contributed by atoms with Gasteiger partial charge >= 0.3 is 0 Å². The van der Waals surface area contributed by atoms with Crippen LogP contribution in [0.15, 0.2) is 28.6 Å².